The maximum Gasteiger partial charge on any atom is 0.244 e. The SMILES string of the molecule is CCC(C(=O)NCCOc1cccc2ccccc12)N(c1ccccc1F)S(C)(=O)=O. The molecule has 1 N–H and O–H groups in total. The number of amides is 1. The van der Waals surface area contributed by atoms with Crippen LogP contribution >= 0.6 is 0 Å². The van der Waals surface area contributed by atoms with Crippen molar-refractivity contribution in [2.75, 3.05) is 23.7 Å². The first-order valence-corrected chi connectivity index (χ1v) is 11.8. The summed E-state index contributed by atoms with van der Waals surface area (Å²) in [7, 11) is -3.89. The van der Waals surface area contributed by atoms with Crippen LogP contribution in [-0.4, -0.2) is 39.8 Å². The fourth-order valence-corrected chi connectivity index (χ4v) is 4.65. The molecule has 0 fully saturated rings. The van der Waals surface area contributed by atoms with Gasteiger partial charge in [-0.15, -0.1) is 0 Å². The summed E-state index contributed by atoms with van der Waals surface area (Å²) in [4.78, 5) is 12.8. The summed E-state index contributed by atoms with van der Waals surface area (Å²) >= 11 is 0. The second-order valence-corrected chi connectivity index (χ2v) is 8.91. The molecule has 0 aliphatic rings. The molecule has 0 radical (unpaired) electrons. The number of nitrogens with zero attached hydrogens (tertiary/aromatic N) is 1. The van der Waals surface area contributed by atoms with Crippen LogP contribution in [0.3, 0.4) is 0 Å². The largest absolute Gasteiger partial charge is 0.491 e. The molecule has 0 aromatic heterocycles. The highest BCUT2D eigenvalue weighted by molar-refractivity contribution is 7.92. The van der Waals surface area contributed by atoms with Crippen LogP contribution in [0.1, 0.15) is 13.3 Å². The second-order valence-electron chi connectivity index (χ2n) is 7.05. The van der Waals surface area contributed by atoms with Crippen molar-refractivity contribution in [1.29, 1.82) is 0 Å². The van der Waals surface area contributed by atoms with Crippen molar-refractivity contribution in [2.45, 2.75) is 19.4 Å². The number of ether oxygens (including phenoxy) is 1. The maximum absolute atomic E-state index is 14.3. The van der Waals surface area contributed by atoms with Crippen molar-refractivity contribution in [1.82, 2.24) is 5.32 Å². The highest BCUT2D eigenvalue weighted by atomic mass is 32.2. The van der Waals surface area contributed by atoms with Gasteiger partial charge in [0.2, 0.25) is 15.9 Å². The summed E-state index contributed by atoms with van der Waals surface area (Å²) in [5.41, 5.74) is -0.154. The van der Waals surface area contributed by atoms with Crippen LogP contribution in [0.5, 0.6) is 5.75 Å². The zero-order valence-electron chi connectivity index (χ0n) is 17.4. The molecule has 0 aliphatic heterocycles. The molecule has 8 heteroatoms. The molecule has 3 rings (SSSR count). The van der Waals surface area contributed by atoms with Crippen molar-refractivity contribution < 1.29 is 22.3 Å². The minimum Gasteiger partial charge on any atom is -0.491 e. The maximum atomic E-state index is 14.3. The fourth-order valence-electron chi connectivity index (χ4n) is 3.44. The van der Waals surface area contributed by atoms with Crippen LogP contribution in [0.15, 0.2) is 66.7 Å². The van der Waals surface area contributed by atoms with Crippen molar-refractivity contribution >= 4 is 32.4 Å². The fraction of sp³-hybridized carbons (Fsp3) is 0.261. The summed E-state index contributed by atoms with van der Waals surface area (Å²) in [6.45, 7) is 2.05. The van der Waals surface area contributed by atoms with Gasteiger partial charge in [-0.1, -0.05) is 55.5 Å². The highest BCUT2D eigenvalue weighted by Gasteiger charge is 2.32. The number of anilines is 1. The lowest BCUT2D eigenvalue weighted by molar-refractivity contribution is -0.122. The molecule has 0 saturated heterocycles. The molecular weight excluding hydrogens is 419 g/mol. The van der Waals surface area contributed by atoms with E-state index in [1.165, 1.54) is 18.2 Å². The molecule has 164 valence electrons. The quantitative estimate of drug-likeness (QED) is 0.511. The Balaban J connectivity index is 1.68. The van der Waals surface area contributed by atoms with Crippen LogP contribution in [0.2, 0.25) is 0 Å². The second kappa shape index (κ2) is 9.78. The molecular formula is C23H25FN2O4S. The minimum atomic E-state index is -3.89. The van der Waals surface area contributed by atoms with Gasteiger partial charge in [0, 0.05) is 5.39 Å². The van der Waals surface area contributed by atoms with Crippen molar-refractivity contribution in [2.24, 2.45) is 0 Å². The first-order valence-electron chi connectivity index (χ1n) is 9.95. The first-order chi connectivity index (χ1) is 14.8. The van der Waals surface area contributed by atoms with Crippen LogP contribution in [0.25, 0.3) is 10.8 Å². The number of fused-ring (bicyclic) bond motifs is 1. The Morgan fingerprint density at radius 1 is 1.06 bits per heavy atom. The summed E-state index contributed by atoms with van der Waals surface area (Å²) in [6, 6.07) is 17.9. The number of sulfonamides is 1. The van der Waals surface area contributed by atoms with Crippen LogP contribution in [0.4, 0.5) is 10.1 Å². The Bertz CT molecular complexity index is 1160. The molecule has 0 heterocycles. The summed E-state index contributed by atoms with van der Waals surface area (Å²) in [6.07, 6.45) is 1.14. The zero-order chi connectivity index (χ0) is 22.4. The smallest absolute Gasteiger partial charge is 0.244 e. The van der Waals surface area contributed by atoms with Gasteiger partial charge in [0.1, 0.15) is 24.2 Å². The van der Waals surface area contributed by atoms with Crippen molar-refractivity contribution in [3.05, 3.63) is 72.5 Å². The normalized spacial score (nSPS) is 12.4. The summed E-state index contributed by atoms with van der Waals surface area (Å²) in [5.74, 6) is -0.528. The topological polar surface area (TPSA) is 75.7 Å². The molecule has 0 bridgehead atoms. The van der Waals surface area contributed by atoms with E-state index in [2.05, 4.69) is 5.32 Å². The third-order valence-electron chi connectivity index (χ3n) is 4.83. The predicted molar refractivity (Wildman–Crippen MR) is 120 cm³/mol. The molecule has 1 amide bonds. The zero-order valence-corrected chi connectivity index (χ0v) is 18.2. The third kappa shape index (κ3) is 5.32. The average molecular weight is 445 g/mol. The number of carbonyl (C=O) groups excluding carboxylic acids is 1. The lowest BCUT2D eigenvalue weighted by Gasteiger charge is -2.30. The van der Waals surface area contributed by atoms with Gasteiger partial charge in [0.15, 0.2) is 0 Å². The van der Waals surface area contributed by atoms with E-state index in [1.54, 1.807) is 6.92 Å². The van der Waals surface area contributed by atoms with Crippen molar-refractivity contribution in [3.63, 3.8) is 0 Å². The van der Waals surface area contributed by atoms with Gasteiger partial charge in [0.05, 0.1) is 18.5 Å². The Morgan fingerprint density at radius 2 is 1.74 bits per heavy atom. The number of hydrogen-bond donors (Lipinski definition) is 1. The minimum absolute atomic E-state index is 0.154. The monoisotopic (exact) mass is 444 g/mol. The Labute approximate surface area is 181 Å². The first kappa shape index (κ1) is 22.6. The van der Waals surface area contributed by atoms with E-state index in [-0.39, 0.29) is 25.3 Å². The standard InChI is InChI=1S/C23H25FN2O4S/c1-3-20(26(31(2,28)29)21-13-7-6-12-19(21)24)23(27)25-15-16-30-22-14-8-10-17-9-4-5-11-18(17)22/h4-14,20H,3,15-16H2,1-2H3,(H,25,27). The van der Waals surface area contributed by atoms with Crippen molar-refractivity contribution in [3.8, 4) is 5.75 Å². The van der Waals surface area contributed by atoms with E-state index in [0.29, 0.717) is 5.75 Å². The molecule has 0 spiro atoms. The van der Waals surface area contributed by atoms with Gasteiger partial charge < -0.3 is 10.1 Å². The number of nitrogens with one attached hydrogen (secondary N) is 1. The lowest BCUT2D eigenvalue weighted by atomic mass is 10.1. The van der Waals surface area contributed by atoms with Crippen LogP contribution < -0.4 is 14.4 Å². The van der Waals surface area contributed by atoms with Gasteiger partial charge in [-0.3, -0.25) is 9.10 Å². The number of halogens is 1. The summed E-state index contributed by atoms with van der Waals surface area (Å²) < 4.78 is 45.7. The lowest BCUT2D eigenvalue weighted by Crippen LogP contribution is -2.50. The number of benzene rings is 3. The van der Waals surface area contributed by atoms with Gasteiger partial charge in [-0.2, -0.15) is 0 Å². The molecule has 6 nitrogen and oxygen atoms in total. The van der Waals surface area contributed by atoms with E-state index in [9.17, 15) is 17.6 Å². The van der Waals surface area contributed by atoms with Gasteiger partial charge >= 0.3 is 0 Å². The molecule has 31 heavy (non-hydrogen) atoms. The van der Waals surface area contributed by atoms with Gasteiger partial charge in [-0.05, 0) is 30.0 Å². The van der Waals surface area contributed by atoms with E-state index < -0.39 is 27.8 Å². The number of rotatable bonds is 9. The number of para-hydroxylation sites is 1. The van der Waals surface area contributed by atoms with E-state index in [4.69, 9.17) is 4.74 Å². The molecule has 0 aliphatic carbocycles. The van der Waals surface area contributed by atoms with E-state index >= 15 is 0 Å². The third-order valence-corrected chi connectivity index (χ3v) is 5.99. The molecule has 3 aromatic rings. The van der Waals surface area contributed by atoms with Crippen LogP contribution in [0, 0.1) is 5.82 Å². The Morgan fingerprint density at radius 3 is 2.45 bits per heavy atom. The Hall–Kier alpha value is -3.13. The van der Waals surface area contributed by atoms with E-state index in [1.807, 2.05) is 42.5 Å². The predicted octanol–water partition coefficient (Wildman–Crippen LogP) is 3.72. The number of carbonyl (C=O) groups is 1. The van der Waals surface area contributed by atoms with Gasteiger partial charge in [-0.25, -0.2) is 12.8 Å². The molecule has 0 saturated carbocycles. The molecule has 1 atom stereocenters. The Kier molecular flexibility index (Phi) is 7.12. The van der Waals surface area contributed by atoms with Gasteiger partial charge in [0.25, 0.3) is 0 Å². The number of hydrogen-bond acceptors (Lipinski definition) is 4. The highest BCUT2D eigenvalue weighted by Crippen LogP contribution is 2.26. The molecule has 1 unspecified atom stereocenters. The average Bonchev–Trinajstić information content (AvgIpc) is 2.75. The summed E-state index contributed by atoms with van der Waals surface area (Å²) in [5, 5.41) is 4.71. The van der Waals surface area contributed by atoms with E-state index in [0.717, 1.165) is 27.4 Å². The van der Waals surface area contributed by atoms with Crippen LogP contribution in [-0.2, 0) is 14.8 Å². The molecule has 3 aromatic carbocycles.